The summed E-state index contributed by atoms with van der Waals surface area (Å²) in [4.78, 5) is 0. The van der Waals surface area contributed by atoms with Gasteiger partial charge >= 0.3 is 0 Å². The third kappa shape index (κ3) is 4.00. The lowest BCUT2D eigenvalue weighted by Crippen LogP contribution is -2.06. The molecule has 15 heavy (non-hydrogen) atoms. The molecule has 1 aromatic rings. The van der Waals surface area contributed by atoms with Gasteiger partial charge in [-0.3, -0.25) is 0 Å². The predicted octanol–water partition coefficient (Wildman–Crippen LogP) is 1.90. The molecule has 1 rings (SSSR count). The van der Waals surface area contributed by atoms with E-state index in [4.69, 9.17) is 9.47 Å². The van der Waals surface area contributed by atoms with Crippen LogP contribution in [-0.2, 0) is 16.1 Å². The second kappa shape index (κ2) is 6.56. The van der Waals surface area contributed by atoms with Gasteiger partial charge in [0.2, 0.25) is 0 Å². The van der Waals surface area contributed by atoms with Crippen LogP contribution in [0.5, 0.6) is 0 Å². The molecule has 1 unspecified atom stereocenters. The van der Waals surface area contributed by atoms with Gasteiger partial charge in [-0.25, -0.2) is 0 Å². The fraction of sp³-hybridized carbons (Fsp3) is 0.500. The summed E-state index contributed by atoms with van der Waals surface area (Å²) in [7, 11) is 1.66. The van der Waals surface area contributed by atoms with E-state index in [1.54, 1.807) is 7.11 Å². The minimum Gasteiger partial charge on any atom is -0.386 e. The molecule has 0 aliphatic heterocycles. The molecule has 1 aromatic carbocycles. The number of ether oxygens (including phenoxy) is 2. The van der Waals surface area contributed by atoms with Crippen LogP contribution in [0.25, 0.3) is 0 Å². The highest BCUT2D eigenvalue weighted by Crippen LogP contribution is 2.14. The highest BCUT2D eigenvalue weighted by Gasteiger charge is 2.06. The Morgan fingerprint density at radius 3 is 2.47 bits per heavy atom. The summed E-state index contributed by atoms with van der Waals surface area (Å²) < 4.78 is 10.2. The number of rotatable bonds is 6. The monoisotopic (exact) mass is 210 g/mol. The fourth-order valence-corrected chi connectivity index (χ4v) is 1.33. The first-order valence-electron chi connectivity index (χ1n) is 5.11. The molecule has 0 fully saturated rings. The third-order valence-electron chi connectivity index (χ3n) is 2.16. The fourth-order valence-electron chi connectivity index (χ4n) is 1.33. The van der Waals surface area contributed by atoms with E-state index in [1.807, 2.05) is 31.2 Å². The molecular weight excluding hydrogens is 192 g/mol. The molecule has 0 radical (unpaired) electrons. The van der Waals surface area contributed by atoms with Crippen LogP contribution in [0.3, 0.4) is 0 Å². The van der Waals surface area contributed by atoms with Crippen molar-refractivity contribution in [2.24, 2.45) is 0 Å². The lowest BCUT2D eigenvalue weighted by molar-refractivity contribution is 0.0420. The Hall–Kier alpha value is -0.900. The molecule has 0 heterocycles. The maximum atomic E-state index is 9.72. The smallest absolute Gasteiger partial charge is 0.102 e. The van der Waals surface area contributed by atoms with Crippen molar-refractivity contribution in [2.75, 3.05) is 20.3 Å². The van der Waals surface area contributed by atoms with Crippen molar-refractivity contribution in [1.82, 2.24) is 0 Å². The van der Waals surface area contributed by atoms with Crippen molar-refractivity contribution in [1.29, 1.82) is 0 Å². The van der Waals surface area contributed by atoms with E-state index in [1.165, 1.54) is 0 Å². The molecule has 1 atom stereocenters. The van der Waals surface area contributed by atoms with Gasteiger partial charge in [0.15, 0.2) is 0 Å². The summed E-state index contributed by atoms with van der Waals surface area (Å²) in [6, 6.07) is 7.71. The van der Waals surface area contributed by atoms with Crippen LogP contribution in [0, 0.1) is 0 Å². The highest BCUT2D eigenvalue weighted by atomic mass is 16.5. The van der Waals surface area contributed by atoms with E-state index < -0.39 is 6.10 Å². The van der Waals surface area contributed by atoms with Crippen molar-refractivity contribution in [3.63, 3.8) is 0 Å². The van der Waals surface area contributed by atoms with Crippen LogP contribution in [0.4, 0.5) is 0 Å². The average molecular weight is 210 g/mol. The zero-order valence-corrected chi connectivity index (χ0v) is 9.27. The summed E-state index contributed by atoms with van der Waals surface area (Å²) in [5.74, 6) is 0. The largest absolute Gasteiger partial charge is 0.386 e. The Labute approximate surface area is 90.6 Å². The van der Waals surface area contributed by atoms with E-state index >= 15 is 0 Å². The van der Waals surface area contributed by atoms with Gasteiger partial charge in [0.25, 0.3) is 0 Å². The first-order valence-corrected chi connectivity index (χ1v) is 5.11. The van der Waals surface area contributed by atoms with Crippen LogP contribution >= 0.6 is 0 Å². The van der Waals surface area contributed by atoms with Gasteiger partial charge in [0.05, 0.1) is 13.2 Å². The van der Waals surface area contributed by atoms with E-state index in [0.717, 1.165) is 11.1 Å². The second-order valence-electron chi connectivity index (χ2n) is 3.35. The molecule has 0 aliphatic rings. The van der Waals surface area contributed by atoms with Gasteiger partial charge in [-0.2, -0.15) is 0 Å². The summed E-state index contributed by atoms with van der Waals surface area (Å²) >= 11 is 0. The molecule has 3 heteroatoms. The SMILES string of the molecule is CCOCC(O)c1ccc(COC)cc1. The van der Waals surface area contributed by atoms with E-state index in [9.17, 15) is 5.11 Å². The predicted molar refractivity (Wildman–Crippen MR) is 58.6 cm³/mol. The van der Waals surface area contributed by atoms with E-state index in [-0.39, 0.29) is 0 Å². The number of aliphatic hydroxyl groups excluding tert-OH is 1. The topological polar surface area (TPSA) is 38.7 Å². The first kappa shape index (κ1) is 12.2. The van der Waals surface area contributed by atoms with Crippen molar-refractivity contribution in [2.45, 2.75) is 19.6 Å². The zero-order chi connectivity index (χ0) is 11.1. The molecule has 0 saturated carbocycles. The standard InChI is InChI=1S/C12H18O3/c1-3-15-9-12(13)11-6-4-10(5-7-11)8-14-2/h4-7,12-13H,3,8-9H2,1-2H3. The highest BCUT2D eigenvalue weighted by molar-refractivity contribution is 5.23. The Bertz CT molecular complexity index is 269. The van der Waals surface area contributed by atoms with Crippen LogP contribution < -0.4 is 0 Å². The van der Waals surface area contributed by atoms with Gasteiger partial charge < -0.3 is 14.6 Å². The molecule has 3 nitrogen and oxygen atoms in total. The number of benzene rings is 1. The summed E-state index contributed by atoms with van der Waals surface area (Å²) in [5, 5.41) is 9.72. The van der Waals surface area contributed by atoms with E-state index in [0.29, 0.717) is 19.8 Å². The summed E-state index contributed by atoms with van der Waals surface area (Å²) in [5.41, 5.74) is 1.98. The van der Waals surface area contributed by atoms with Crippen LogP contribution in [-0.4, -0.2) is 25.4 Å². The zero-order valence-electron chi connectivity index (χ0n) is 9.27. The quantitative estimate of drug-likeness (QED) is 0.779. The number of methoxy groups -OCH3 is 1. The maximum Gasteiger partial charge on any atom is 0.102 e. The molecule has 0 amide bonds. The lowest BCUT2D eigenvalue weighted by atomic mass is 10.1. The third-order valence-corrected chi connectivity index (χ3v) is 2.16. The Kier molecular flexibility index (Phi) is 5.32. The first-order chi connectivity index (χ1) is 7.27. The van der Waals surface area contributed by atoms with Gasteiger partial charge in [-0.1, -0.05) is 24.3 Å². The van der Waals surface area contributed by atoms with Gasteiger partial charge in [0, 0.05) is 13.7 Å². The molecular formula is C12H18O3. The van der Waals surface area contributed by atoms with Crippen LogP contribution in [0.2, 0.25) is 0 Å². The maximum absolute atomic E-state index is 9.72. The van der Waals surface area contributed by atoms with Gasteiger partial charge in [-0.15, -0.1) is 0 Å². The van der Waals surface area contributed by atoms with Crippen LogP contribution in [0.15, 0.2) is 24.3 Å². The summed E-state index contributed by atoms with van der Waals surface area (Å²) in [6.45, 7) is 3.48. The molecule has 0 spiro atoms. The minimum atomic E-state index is -0.540. The Morgan fingerprint density at radius 2 is 1.93 bits per heavy atom. The summed E-state index contributed by atoms with van der Waals surface area (Å²) in [6.07, 6.45) is -0.540. The molecule has 0 bridgehead atoms. The number of hydrogen-bond donors (Lipinski definition) is 1. The van der Waals surface area contributed by atoms with E-state index in [2.05, 4.69) is 0 Å². The minimum absolute atomic E-state index is 0.347. The molecule has 1 N–H and O–H groups in total. The van der Waals surface area contributed by atoms with Crippen molar-refractivity contribution in [3.05, 3.63) is 35.4 Å². The number of aliphatic hydroxyl groups is 1. The van der Waals surface area contributed by atoms with Gasteiger partial charge in [0.1, 0.15) is 6.10 Å². The molecule has 84 valence electrons. The van der Waals surface area contributed by atoms with Crippen molar-refractivity contribution in [3.8, 4) is 0 Å². The van der Waals surface area contributed by atoms with Crippen LogP contribution in [0.1, 0.15) is 24.2 Å². The van der Waals surface area contributed by atoms with Gasteiger partial charge in [-0.05, 0) is 18.1 Å². The Balaban J connectivity index is 2.54. The lowest BCUT2D eigenvalue weighted by Gasteiger charge is -2.11. The second-order valence-corrected chi connectivity index (χ2v) is 3.35. The van der Waals surface area contributed by atoms with Crippen molar-refractivity contribution >= 4 is 0 Å². The Morgan fingerprint density at radius 1 is 1.27 bits per heavy atom. The number of hydrogen-bond acceptors (Lipinski definition) is 3. The molecule has 0 aliphatic carbocycles. The average Bonchev–Trinajstić information content (AvgIpc) is 2.27. The molecule has 0 aromatic heterocycles. The normalized spacial score (nSPS) is 12.7. The van der Waals surface area contributed by atoms with Crippen molar-refractivity contribution < 1.29 is 14.6 Å². The molecule has 0 saturated heterocycles.